The van der Waals surface area contributed by atoms with Gasteiger partial charge in [0.05, 0.1) is 11.4 Å². The van der Waals surface area contributed by atoms with Crippen molar-refractivity contribution in [2.45, 2.75) is 16.2 Å². The van der Waals surface area contributed by atoms with Gasteiger partial charge in [-0.3, -0.25) is 4.79 Å². The first kappa shape index (κ1) is 18.9. The first-order chi connectivity index (χ1) is 14.2. The van der Waals surface area contributed by atoms with Gasteiger partial charge in [0.25, 0.3) is 0 Å². The molecule has 4 rings (SSSR count). The van der Waals surface area contributed by atoms with E-state index >= 15 is 0 Å². The average Bonchev–Trinajstić information content (AvgIpc) is 2.76. The second-order valence-electron chi connectivity index (χ2n) is 6.46. The normalized spacial score (nSPS) is 11.8. The number of carbonyl (C=O) groups excluding carboxylic acids is 1. The Balaban J connectivity index is 1.43. The highest BCUT2D eigenvalue weighted by Crippen LogP contribution is 2.47. The van der Waals surface area contributed by atoms with Crippen LogP contribution in [-0.2, 0) is 4.79 Å². The molecule has 1 N–H and O–H groups in total. The molecule has 3 aromatic carbocycles. The Kier molecular flexibility index (Phi) is 5.68. The van der Waals surface area contributed by atoms with Crippen molar-refractivity contribution in [3.8, 4) is 11.8 Å². The van der Waals surface area contributed by atoms with Crippen LogP contribution in [0.3, 0.4) is 0 Å². The first-order valence-electron chi connectivity index (χ1n) is 9.28. The van der Waals surface area contributed by atoms with Crippen molar-refractivity contribution in [2.75, 3.05) is 23.4 Å². The number of benzene rings is 3. The van der Waals surface area contributed by atoms with Gasteiger partial charge >= 0.3 is 0 Å². The number of para-hydroxylation sites is 2. The number of carbonyl (C=O) groups is 1. The summed E-state index contributed by atoms with van der Waals surface area (Å²) in [6.07, 6.45) is 0.361. The van der Waals surface area contributed by atoms with E-state index < -0.39 is 0 Å². The van der Waals surface area contributed by atoms with E-state index in [1.165, 1.54) is 9.79 Å². The maximum absolute atomic E-state index is 12.5. The quantitative estimate of drug-likeness (QED) is 0.613. The third-order valence-electron chi connectivity index (χ3n) is 4.54. The fourth-order valence-corrected chi connectivity index (χ4v) is 4.30. The van der Waals surface area contributed by atoms with Crippen molar-refractivity contribution in [3.05, 3.63) is 72.8 Å². The van der Waals surface area contributed by atoms with E-state index in [1.807, 2.05) is 30.3 Å². The molecule has 3 aromatic rings. The summed E-state index contributed by atoms with van der Waals surface area (Å²) >= 11 is 1.76. The maximum atomic E-state index is 12.5. The molecule has 0 aliphatic carbocycles. The highest BCUT2D eigenvalue weighted by molar-refractivity contribution is 7.99. The lowest BCUT2D eigenvalue weighted by molar-refractivity contribution is -0.116. The number of nitrogens with one attached hydrogen (secondary N) is 1. The largest absolute Gasteiger partial charge is 0.479 e. The highest BCUT2D eigenvalue weighted by atomic mass is 32.2. The number of fused-ring (bicyclic) bond motifs is 2. The molecule has 1 amide bonds. The fourth-order valence-electron chi connectivity index (χ4n) is 3.21. The van der Waals surface area contributed by atoms with Crippen LogP contribution in [-0.4, -0.2) is 19.1 Å². The Bertz CT molecular complexity index is 1010. The third-order valence-corrected chi connectivity index (χ3v) is 5.67. The molecule has 0 radical (unpaired) electrons. The third kappa shape index (κ3) is 4.36. The smallest absolute Gasteiger partial charge is 0.226 e. The molecule has 0 saturated heterocycles. The number of hydrogen-bond acceptors (Lipinski definition) is 5. The van der Waals surface area contributed by atoms with Crippen LogP contribution in [0.1, 0.15) is 6.42 Å². The Morgan fingerprint density at radius 3 is 2.21 bits per heavy atom. The van der Waals surface area contributed by atoms with Crippen LogP contribution in [0.4, 0.5) is 17.1 Å². The molecule has 29 heavy (non-hydrogen) atoms. The van der Waals surface area contributed by atoms with Gasteiger partial charge in [0.2, 0.25) is 5.91 Å². The second-order valence-corrected chi connectivity index (χ2v) is 7.54. The summed E-state index contributed by atoms with van der Waals surface area (Å²) in [5.74, 6) is 0.549. The minimum atomic E-state index is -0.0520. The number of hydrogen-bond donors (Lipinski definition) is 1. The van der Waals surface area contributed by atoms with Gasteiger partial charge < -0.3 is 15.0 Å². The molecule has 1 heterocycles. The van der Waals surface area contributed by atoms with Gasteiger partial charge in [-0.2, -0.15) is 5.26 Å². The molecular weight excluding hydrogens is 382 g/mol. The van der Waals surface area contributed by atoms with Gasteiger partial charge in [0.1, 0.15) is 11.8 Å². The van der Waals surface area contributed by atoms with Crippen molar-refractivity contribution < 1.29 is 9.53 Å². The predicted molar refractivity (Wildman–Crippen MR) is 115 cm³/mol. The Morgan fingerprint density at radius 1 is 0.966 bits per heavy atom. The van der Waals surface area contributed by atoms with E-state index in [9.17, 15) is 4.79 Å². The predicted octanol–water partition coefficient (Wildman–Crippen LogP) is 5.22. The van der Waals surface area contributed by atoms with Crippen LogP contribution in [0.25, 0.3) is 0 Å². The van der Waals surface area contributed by atoms with Crippen LogP contribution in [0.15, 0.2) is 82.6 Å². The molecule has 144 valence electrons. The van der Waals surface area contributed by atoms with Crippen molar-refractivity contribution in [3.63, 3.8) is 0 Å². The van der Waals surface area contributed by atoms with Crippen molar-refractivity contribution in [1.82, 2.24) is 0 Å². The van der Waals surface area contributed by atoms with E-state index in [1.54, 1.807) is 36.0 Å². The molecule has 1 aliphatic heterocycles. The molecule has 0 bridgehead atoms. The number of nitriles is 1. The first-order valence-corrected chi connectivity index (χ1v) is 10.1. The van der Waals surface area contributed by atoms with E-state index in [0.29, 0.717) is 24.4 Å². The Morgan fingerprint density at radius 2 is 1.59 bits per heavy atom. The monoisotopic (exact) mass is 401 g/mol. The molecule has 0 saturated carbocycles. The number of anilines is 3. The minimum Gasteiger partial charge on any atom is -0.479 e. The van der Waals surface area contributed by atoms with Crippen molar-refractivity contribution in [2.24, 2.45) is 0 Å². The molecule has 0 aromatic heterocycles. The van der Waals surface area contributed by atoms with Crippen LogP contribution in [0, 0.1) is 11.3 Å². The number of rotatable bonds is 6. The van der Waals surface area contributed by atoms with Gasteiger partial charge in [-0.15, -0.1) is 0 Å². The van der Waals surface area contributed by atoms with Crippen molar-refractivity contribution in [1.29, 1.82) is 5.26 Å². The summed E-state index contributed by atoms with van der Waals surface area (Å²) in [6.45, 7) is 0.590. The molecule has 1 aliphatic rings. The zero-order valence-electron chi connectivity index (χ0n) is 15.7. The van der Waals surface area contributed by atoms with E-state index in [2.05, 4.69) is 34.5 Å². The fraction of sp³-hybridized carbons (Fsp3) is 0.130. The lowest BCUT2D eigenvalue weighted by Gasteiger charge is -2.32. The number of nitrogens with zero attached hydrogens (tertiary/aromatic N) is 2. The molecule has 6 heteroatoms. The maximum Gasteiger partial charge on any atom is 0.226 e. The zero-order valence-corrected chi connectivity index (χ0v) is 16.5. The molecule has 0 spiro atoms. The molecule has 5 nitrogen and oxygen atoms in total. The molecule has 0 unspecified atom stereocenters. The summed E-state index contributed by atoms with van der Waals surface area (Å²) in [4.78, 5) is 17.1. The van der Waals surface area contributed by atoms with E-state index in [-0.39, 0.29) is 12.5 Å². The number of ether oxygens (including phenoxy) is 1. The van der Waals surface area contributed by atoms with Gasteiger partial charge in [-0.25, -0.2) is 0 Å². The van der Waals surface area contributed by atoms with Gasteiger partial charge in [0, 0.05) is 28.4 Å². The lowest BCUT2D eigenvalue weighted by atomic mass is 10.2. The SMILES string of the molecule is N#CCOc1ccc(NC(=O)CCN2c3ccccc3Sc3ccccc32)cc1. The summed E-state index contributed by atoms with van der Waals surface area (Å²) in [5, 5.41) is 11.5. The highest BCUT2D eigenvalue weighted by Gasteiger charge is 2.23. The van der Waals surface area contributed by atoms with Gasteiger partial charge in [0.15, 0.2) is 6.61 Å². The summed E-state index contributed by atoms with van der Waals surface area (Å²) < 4.78 is 5.23. The van der Waals surface area contributed by atoms with Gasteiger partial charge in [-0.1, -0.05) is 36.0 Å². The van der Waals surface area contributed by atoms with Crippen LogP contribution < -0.4 is 15.0 Å². The molecular formula is C23H19N3O2S. The average molecular weight is 401 g/mol. The summed E-state index contributed by atoms with van der Waals surface area (Å²) in [5.41, 5.74) is 2.96. The van der Waals surface area contributed by atoms with Crippen LogP contribution in [0.5, 0.6) is 5.75 Å². The number of amides is 1. The van der Waals surface area contributed by atoms with E-state index in [0.717, 1.165) is 11.4 Å². The Hall–Kier alpha value is -3.43. The second kappa shape index (κ2) is 8.72. The summed E-state index contributed by atoms with van der Waals surface area (Å²) in [6, 6.07) is 25.5. The Labute approximate surface area is 173 Å². The topological polar surface area (TPSA) is 65.4 Å². The molecule has 0 atom stereocenters. The summed E-state index contributed by atoms with van der Waals surface area (Å²) in [7, 11) is 0. The van der Waals surface area contributed by atoms with Crippen molar-refractivity contribution >= 4 is 34.7 Å². The lowest BCUT2D eigenvalue weighted by Crippen LogP contribution is -2.25. The minimum absolute atomic E-state index is 0.00275. The van der Waals surface area contributed by atoms with Gasteiger partial charge in [-0.05, 0) is 48.5 Å². The van der Waals surface area contributed by atoms with E-state index in [4.69, 9.17) is 10.00 Å². The zero-order chi connectivity index (χ0) is 20.1. The van der Waals surface area contributed by atoms with Crippen LogP contribution in [0.2, 0.25) is 0 Å². The standard InChI is InChI=1S/C23H19N3O2S/c24-14-16-28-18-11-9-17(10-12-18)25-23(27)13-15-26-19-5-1-3-7-21(19)29-22-8-4-2-6-20(22)26/h1-12H,13,15-16H2,(H,25,27). The van der Waals surface area contributed by atoms with Crippen LogP contribution >= 0.6 is 11.8 Å². The molecule has 0 fully saturated rings.